The van der Waals surface area contributed by atoms with Crippen LogP contribution in [0.5, 0.6) is 0 Å². The van der Waals surface area contributed by atoms with E-state index >= 15 is 0 Å². The maximum Gasteiger partial charge on any atom is 0.251 e. The molecule has 0 aliphatic heterocycles. The van der Waals surface area contributed by atoms with Crippen molar-refractivity contribution in [1.29, 1.82) is 0 Å². The Kier molecular flexibility index (Phi) is 5.71. The minimum atomic E-state index is -0.109. The number of carbonyl (C=O) groups excluding carboxylic acids is 1. The Morgan fingerprint density at radius 2 is 2.04 bits per heavy atom. The quantitative estimate of drug-likeness (QED) is 0.783. The second-order valence-electron chi connectivity index (χ2n) is 5.97. The Bertz CT molecular complexity index is 662. The van der Waals surface area contributed by atoms with Crippen LogP contribution in [0.15, 0.2) is 18.2 Å². The van der Waals surface area contributed by atoms with Crippen molar-refractivity contribution in [2.75, 3.05) is 13.2 Å². The molecule has 0 saturated carbocycles. The Morgan fingerprint density at radius 1 is 1.30 bits per heavy atom. The Labute approximate surface area is 136 Å². The van der Waals surface area contributed by atoms with Crippen molar-refractivity contribution in [2.45, 2.75) is 46.6 Å². The molecular formula is C17H26N4O2. The lowest BCUT2D eigenvalue weighted by atomic mass is 9.79. The first-order valence-electron chi connectivity index (χ1n) is 8.31. The van der Waals surface area contributed by atoms with Crippen molar-refractivity contribution in [3.8, 4) is 0 Å². The molecule has 0 fully saturated rings. The number of aromatic nitrogens is 3. The van der Waals surface area contributed by atoms with Crippen LogP contribution in [0.1, 0.15) is 50.4 Å². The minimum absolute atomic E-state index is 0.0418. The van der Waals surface area contributed by atoms with Gasteiger partial charge in [-0.1, -0.05) is 19.1 Å². The van der Waals surface area contributed by atoms with E-state index in [4.69, 9.17) is 0 Å². The van der Waals surface area contributed by atoms with Gasteiger partial charge in [-0.05, 0) is 49.8 Å². The van der Waals surface area contributed by atoms with Gasteiger partial charge in [-0.25, -0.2) is 4.68 Å². The molecule has 6 nitrogen and oxygen atoms in total. The number of benzene rings is 1. The topological polar surface area (TPSA) is 80.0 Å². The maximum absolute atomic E-state index is 12.4. The summed E-state index contributed by atoms with van der Waals surface area (Å²) in [7, 11) is 0. The molecule has 2 rings (SSSR count). The van der Waals surface area contributed by atoms with Crippen LogP contribution in [-0.2, 0) is 6.54 Å². The van der Waals surface area contributed by atoms with Gasteiger partial charge in [0.05, 0.1) is 5.52 Å². The maximum atomic E-state index is 12.4. The zero-order valence-corrected chi connectivity index (χ0v) is 14.2. The number of amides is 1. The van der Waals surface area contributed by atoms with E-state index < -0.39 is 0 Å². The van der Waals surface area contributed by atoms with Crippen LogP contribution in [-0.4, -0.2) is 39.2 Å². The number of nitrogens with zero attached hydrogens (tertiary/aromatic N) is 3. The summed E-state index contributed by atoms with van der Waals surface area (Å²) in [6.45, 7) is 7.66. The summed E-state index contributed by atoms with van der Waals surface area (Å²) in [5.74, 6) is -0.109. The van der Waals surface area contributed by atoms with E-state index in [0.29, 0.717) is 18.5 Å². The molecule has 2 aromatic rings. The van der Waals surface area contributed by atoms with Crippen LogP contribution in [0.3, 0.4) is 0 Å². The van der Waals surface area contributed by atoms with Crippen LogP contribution >= 0.6 is 0 Å². The molecule has 2 N–H and O–H groups in total. The lowest BCUT2D eigenvalue weighted by molar-refractivity contribution is 0.0907. The Hall–Kier alpha value is -1.95. The molecule has 126 valence electrons. The van der Waals surface area contributed by atoms with Crippen LogP contribution in [0, 0.1) is 5.41 Å². The molecule has 0 aliphatic carbocycles. The fraction of sp³-hybridized carbons (Fsp3) is 0.588. The van der Waals surface area contributed by atoms with E-state index in [-0.39, 0.29) is 17.9 Å². The van der Waals surface area contributed by atoms with Crippen molar-refractivity contribution >= 4 is 16.9 Å². The van der Waals surface area contributed by atoms with Gasteiger partial charge in [-0.2, -0.15) is 0 Å². The van der Waals surface area contributed by atoms with Crippen LogP contribution in [0.25, 0.3) is 11.0 Å². The molecule has 1 aromatic carbocycles. The third-order valence-electron chi connectivity index (χ3n) is 4.84. The van der Waals surface area contributed by atoms with Crippen LogP contribution < -0.4 is 5.32 Å². The molecule has 0 aliphatic rings. The highest BCUT2D eigenvalue weighted by Gasteiger charge is 2.26. The molecule has 6 heteroatoms. The number of aliphatic hydroxyl groups is 1. The first-order chi connectivity index (χ1) is 11.1. The number of nitrogens with one attached hydrogen (secondary N) is 1. The molecule has 0 atom stereocenters. The summed E-state index contributed by atoms with van der Waals surface area (Å²) < 4.78 is 1.80. The van der Waals surface area contributed by atoms with Crippen molar-refractivity contribution in [3.63, 3.8) is 0 Å². The summed E-state index contributed by atoms with van der Waals surface area (Å²) >= 11 is 0. The zero-order valence-electron chi connectivity index (χ0n) is 14.2. The third kappa shape index (κ3) is 3.69. The van der Waals surface area contributed by atoms with Crippen molar-refractivity contribution in [1.82, 2.24) is 20.3 Å². The normalized spacial score (nSPS) is 11.8. The lowest BCUT2D eigenvalue weighted by Gasteiger charge is -2.31. The van der Waals surface area contributed by atoms with Gasteiger partial charge >= 0.3 is 0 Å². The monoisotopic (exact) mass is 318 g/mol. The number of hydrogen-bond donors (Lipinski definition) is 2. The van der Waals surface area contributed by atoms with E-state index in [1.54, 1.807) is 16.8 Å². The van der Waals surface area contributed by atoms with E-state index in [1.165, 1.54) is 0 Å². The largest absolute Gasteiger partial charge is 0.396 e. The first kappa shape index (κ1) is 17.4. The van der Waals surface area contributed by atoms with E-state index in [9.17, 15) is 9.90 Å². The van der Waals surface area contributed by atoms with Gasteiger partial charge in [0.15, 0.2) is 0 Å². The van der Waals surface area contributed by atoms with E-state index in [0.717, 1.165) is 30.4 Å². The fourth-order valence-corrected chi connectivity index (χ4v) is 2.90. The second-order valence-corrected chi connectivity index (χ2v) is 5.97. The van der Waals surface area contributed by atoms with Gasteiger partial charge in [0.25, 0.3) is 5.91 Å². The summed E-state index contributed by atoms with van der Waals surface area (Å²) in [5.41, 5.74) is 2.21. The smallest absolute Gasteiger partial charge is 0.251 e. The number of rotatable bonds is 8. The zero-order chi connectivity index (χ0) is 16.9. The highest BCUT2D eigenvalue weighted by atomic mass is 16.3. The molecule has 1 heterocycles. The molecule has 1 amide bonds. The number of aliphatic hydroxyl groups excluding tert-OH is 1. The predicted octanol–water partition coefficient (Wildman–Crippen LogP) is 2.37. The van der Waals surface area contributed by atoms with Gasteiger partial charge in [-0.3, -0.25) is 4.79 Å². The summed E-state index contributed by atoms with van der Waals surface area (Å²) in [6, 6.07) is 5.46. The van der Waals surface area contributed by atoms with Crippen molar-refractivity contribution in [2.24, 2.45) is 5.41 Å². The van der Waals surface area contributed by atoms with E-state index in [2.05, 4.69) is 29.5 Å². The number of carbonyl (C=O) groups is 1. The number of hydrogen-bond acceptors (Lipinski definition) is 4. The minimum Gasteiger partial charge on any atom is -0.396 e. The molecule has 0 bridgehead atoms. The van der Waals surface area contributed by atoms with Crippen LogP contribution in [0.4, 0.5) is 0 Å². The van der Waals surface area contributed by atoms with Gasteiger partial charge in [0, 0.05) is 25.3 Å². The Morgan fingerprint density at radius 3 is 2.65 bits per heavy atom. The first-order valence-corrected chi connectivity index (χ1v) is 8.31. The molecule has 1 aromatic heterocycles. The molecule has 0 unspecified atom stereocenters. The van der Waals surface area contributed by atoms with Crippen molar-refractivity contribution < 1.29 is 9.90 Å². The van der Waals surface area contributed by atoms with Gasteiger partial charge < -0.3 is 10.4 Å². The Balaban J connectivity index is 2.11. The number of fused-ring (bicyclic) bond motifs is 1. The fourth-order valence-electron chi connectivity index (χ4n) is 2.90. The molecule has 0 saturated heterocycles. The van der Waals surface area contributed by atoms with E-state index in [1.807, 2.05) is 13.0 Å². The van der Waals surface area contributed by atoms with Crippen LogP contribution in [0.2, 0.25) is 0 Å². The second kappa shape index (κ2) is 7.55. The van der Waals surface area contributed by atoms with Crippen molar-refractivity contribution in [3.05, 3.63) is 23.8 Å². The summed E-state index contributed by atoms with van der Waals surface area (Å²) in [6.07, 6.45) is 2.55. The predicted molar refractivity (Wildman–Crippen MR) is 90.3 cm³/mol. The average Bonchev–Trinajstić information content (AvgIpc) is 3.00. The SMILES string of the molecule is CCn1nnc2cc(C(=O)NCC(CC)(CC)CCO)ccc21. The lowest BCUT2D eigenvalue weighted by Crippen LogP contribution is -2.37. The summed E-state index contributed by atoms with van der Waals surface area (Å²) in [5, 5.41) is 20.4. The van der Waals surface area contributed by atoms with Gasteiger partial charge in [0.2, 0.25) is 0 Å². The molecular weight excluding hydrogens is 292 g/mol. The average molecular weight is 318 g/mol. The highest BCUT2D eigenvalue weighted by Crippen LogP contribution is 2.29. The summed E-state index contributed by atoms with van der Waals surface area (Å²) in [4.78, 5) is 12.4. The highest BCUT2D eigenvalue weighted by molar-refractivity contribution is 5.97. The molecule has 23 heavy (non-hydrogen) atoms. The molecule has 0 radical (unpaired) electrons. The third-order valence-corrected chi connectivity index (χ3v) is 4.84. The standard InChI is InChI=1S/C17H26N4O2/c1-4-17(5-2,9-10-22)12-18-16(23)13-7-8-15-14(11-13)19-20-21(15)6-3/h7-8,11,22H,4-6,9-10,12H2,1-3H3,(H,18,23). The van der Waals surface area contributed by atoms with Gasteiger partial charge in [-0.15, -0.1) is 5.10 Å². The van der Waals surface area contributed by atoms with Gasteiger partial charge in [0.1, 0.15) is 5.52 Å². The number of aryl methyl sites for hydroxylation is 1. The molecule has 0 spiro atoms.